The van der Waals surface area contributed by atoms with Gasteiger partial charge in [0.25, 0.3) is 5.91 Å². The van der Waals surface area contributed by atoms with Crippen LogP contribution in [0.15, 0.2) is 88.3 Å². The third-order valence-electron chi connectivity index (χ3n) is 6.30. The van der Waals surface area contributed by atoms with Gasteiger partial charge in [0.05, 0.1) is 26.7 Å². The summed E-state index contributed by atoms with van der Waals surface area (Å²) < 4.78 is 15.3. The topological polar surface area (TPSA) is 94.8 Å². The molecule has 188 valence electrons. The largest absolute Gasteiger partial charge is 0.497 e. The molecule has 0 radical (unpaired) electrons. The summed E-state index contributed by atoms with van der Waals surface area (Å²) in [6.07, 6.45) is -0.0133. The monoisotopic (exact) mass is 515 g/mol. The lowest BCUT2D eigenvalue weighted by Crippen LogP contribution is -2.38. The molecule has 3 aromatic carbocycles. The smallest absolute Gasteiger partial charge is 0.261 e. The minimum Gasteiger partial charge on any atom is -0.497 e. The second-order valence-corrected chi connectivity index (χ2v) is 10.0. The lowest BCUT2D eigenvalue weighted by atomic mass is 9.92. The number of hydrogen-bond donors (Lipinski definition) is 0. The van der Waals surface area contributed by atoms with Gasteiger partial charge in [-0.05, 0) is 61.0 Å². The van der Waals surface area contributed by atoms with Crippen LogP contribution in [0, 0.1) is 6.92 Å². The fraction of sp³-hybridized carbons (Fsp3) is 0.214. The molecule has 2 atom stereocenters. The van der Waals surface area contributed by atoms with Crippen LogP contribution in [0.1, 0.15) is 40.1 Å². The lowest BCUT2D eigenvalue weighted by molar-refractivity contribution is -0.126. The quantitative estimate of drug-likeness (QED) is 0.310. The minimum absolute atomic E-state index is 0.0133. The number of methoxy groups -OCH3 is 2. The van der Waals surface area contributed by atoms with Gasteiger partial charge in [0, 0.05) is 10.5 Å². The summed E-state index contributed by atoms with van der Waals surface area (Å²) in [5, 5.41) is 4.03. The zero-order valence-electron chi connectivity index (χ0n) is 20.6. The lowest BCUT2D eigenvalue weighted by Gasteiger charge is -2.34. The number of imide groups is 1. The number of thioether (sulfide) groups is 1. The zero-order valence-corrected chi connectivity index (χ0v) is 21.4. The molecule has 4 aromatic rings. The molecule has 5 rings (SSSR count). The first kappa shape index (κ1) is 24.6. The number of nitrogens with zero attached hydrogens (tertiary/aromatic N) is 3. The first-order valence-corrected chi connectivity index (χ1v) is 12.5. The van der Waals surface area contributed by atoms with Gasteiger partial charge < -0.3 is 14.0 Å². The van der Waals surface area contributed by atoms with Crippen LogP contribution in [0.25, 0.3) is 0 Å². The number of ether oxygens (including phenoxy) is 2. The third kappa shape index (κ3) is 4.58. The Balaban J connectivity index is 1.69. The molecule has 1 fully saturated rings. The van der Waals surface area contributed by atoms with Crippen molar-refractivity contribution in [2.24, 2.45) is 0 Å². The summed E-state index contributed by atoms with van der Waals surface area (Å²) in [7, 11) is 3.19. The Morgan fingerprint density at radius 3 is 2.16 bits per heavy atom. The van der Waals surface area contributed by atoms with Gasteiger partial charge in [-0.3, -0.25) is 14.5 Å². The average molecular weight is 516 g/mol. The van der Waals surface area contributed by atoms with Crippen LogP contribution < -0.4 is 9.47 Å². The molecule has 0 spiro atoms. The average Bonchev–Trinajstić information content (AvgIpc) is 3.50. The van der Waals surface area contributed by atoms with Gasteiger partial charge >= 0.3 is 0 Å². The van der Waals surface area contributed by atoms with Crippen molar-refractivity contribution >= 4 is 23.6 Å². The van der Waals surface area contributed by atoms with E-state index in [9.17, 15) is 9.59 Å². The maximum Gasteiger partial charge on any atom is 0.261 e. The Kier molecular flexibility index (Phi) is 6.71. The molecule has 0 bridgehead atoms. The van der Waals surface area contributed by atoms with Crippen molar-refractivity contribution in [3.05, 3.63) is 102 Å². The van der Waals surface area contributed by atoms with Crippen LogP contribution in [-0.4, -0.2) is 41.1 Å². The molecule has 2 amide bonds. The van der Waals surface area contributed by atoms with Gasteiger partial charge in [0.1, 0.15) is 16.2 Å². The molecular weight excluding hydrogens is 490 g/mol. The molecule has 1 saturated heterocycles. The van der Waals surface area contributed by atoms with Crippen LogP contribution in [0.2, 0.25) is 0 Å². The number of carbonyl (C=O) groups excluding carboxylic acids is 2. The van der Waals surface area contributed by atoms with Crippen molar-refractivity contribution in [3.63, 3.8) is 0 Å². The maximum atomic E-state index is 13.8. The predicted octanol–water partition coefficient (Wildman–Crippen LogP) is 5.20. The second kappa shape index (κ2) is 10.1. The van der Waals surface area contributed by atoms with E-state index in [1.807, 2.05) is 54.6 Å². The van der Waals surface area contributed by atoms with E-state index in [0.717, 1.165) is 10.5 Å². The highest BCUT2D eigenvalue weighted by Crippen LogP contribution is 2.58. The number of benzene rings is 3. The molecule has 8 nitrogen and oxygen atoms in total. The number of rotatable bonds is 7. The van der Waals surface area contributed by atoms with Crippen molar-refractivity contribution in [3.8, 4) is 11.5 Å². The molecule has 0 unspecified atom stereocenters. The summed E-state index contributed by atoms with van der Waals surface area (Å²) in [5.74, 6) is 1.38. The van der Waals surface area contributed by atoms with Crippen molar-refractivity contribution < 1.29 is 23.6 Å². The summed E-state index contributed by atoms with van der Waals surface area (Å²) in [6.45, 7) is 1.73. The van der Waals surface area contributed by atoms with E-state index in [1.165, 1.54) is 16.7 Å². The molecule has 0 saturated carbocycles. The summed E-state index contributed by atoms with van der Waals surface area (Å²) in [6, 6.07) is 22.9. The SMILES string of the molecule is COc1ccc(S[C@]2(c3nc(C)no3)CC(=O)N(C(=O)c3ccccc3)[C@@H]2c2ccc(OC)cc2)cc1. The molecule has 1 aromatic heterocycles. The number of aromatic nitrogens is 2. The van der Waals surface area contributed by atoms with Gasteiger partial charge in [-0.2, -0.15) is 4.98 Å². The first-order chi connectivity index (χ1) is 17.9. The van der Waals surface area contributed by atoms with E-state index in [0.29, 0.717) is 22.9 Å². The minimum atomic E-state index is -1.08. The Morgan fingerprint density at radius 2 is 1.59 bits per heavy atom. The Labute approximate surface area is 218 Å². The summed E-state index contributed by atoms with van der Waals surface area (Å²) in [5.41, 5.74) is 1.16. The fourth-order valence-electron chi connectivity index (χ4n) is 4.57. The van der Waals surface area contributed by atoms with Gasteiger partial charge in [-0.15, -0.1) is 11.8 Å². The molecular formula is C28H25N3O5S. The van der Waals surface area contributed by atoms with Crippen LogP contribution >= 0.6 is 11.8 Å². The van der Waals surface area contributed by atoms with Crippen LogP contribution in [0.4, 0.5) is 0 Å². The zero-order chi connectivity index (χ0) is 26.0. The maximum absolute atomic E-state index is 13.8. The first-order valence-electron chi connectivity index (χ1n) is 11.6. The number of hydrogen-bond acceptors (Lipinski definition) is 8. The van der Waals surface area contributed by atoms with Crippen LogP contribution in [-0.2, 0) is 9.54 Å². The molecule has 37 heavy (non-hydrogen) atoms. The summed E-state index contributed by atoms with van der Waals surface area (Å²) in [4.78, 5) is 34.3. The van der Waals surface area contributed by atoms with E-state index >= 15 is 0 Å². The van der Waals surface area contributed by atoms with Gasteiger partial charge in [0.15, 0.2) is 5.82 Å². The van der Waals surface area contributed by atoms with Crippen LogP contribution in [0.3, 0.4) is 0 Å². The normalized spacial score (nSPS) is 19.2. The Hall–Kier alpha value is -4.11. The Bertz CT molecular complexity index is 1410. The highest BCUT2D eigenvalue weighted by atomic mass is 32.2. The van der Waals surface area contributed by atoms with Crippen LogP contribution in [0.5, 0.6) is 11.5 Å². The second-order valence-electron chi connectivity index (χ2n) is 8.60. The number of aryl methyl sites for hydroxylation is 1. The van der Waals surface area contributed by atoms with E-state index in [4.69, 9.17) is 14.0 Å². The highest BCUT2D eigenvalue weighted by Gasteiger charge is 2.59. The van der Waals surface area contributed by atoms with E-state index in [1.54, 1.807) is 45.4 Å². The van der Waals surface area contributed by atoms with E-state index < -0.39 is 10.8 Å². The van der Waals surface area contributed by atoms with Gasteiger partial charge in [-0.1, -0.05) is 35.5 Å². The summed E-state index contributed by atoms with van der Waals surface area (Å²) >= 11 is 1.42. The molecule has 0 aliphatic carbocycles. The van der Waals surface area contributed by atoms with Crippen molar-refractivity contribution in [1.82, 2.24) is 15.0 Å². The van der Waals surface area contributed by atoms with Crippen molar-refractivity contribution in [2.45, 2.75) is 29.0 Å². The van der Waals surface area contributed by atoms with Crippen molar-refractivity contribution in [2.75, 3.05) is 14.2 Å². The van der Waals surface area contributed by atoms with E-state index in [2.05, 4.69) is 10.1 Å². The molecule has 2 heterocycles. The molecule has 1 aliphatic rings. The van der Waals surface area contributed by atoms with E-state index in [-0.39, 0.29) is 24.1 Å². The van der Waals surface area contributed by atoms with Gasteiger partial charge in [0.2, 0.25) is 11.8 Å². The predicted molar refractivity (Wildman–Crippen MR) is 138 cm³/mol. The number of likely N-dealkylation sites (tertiary alicyclic amines) is 1. The van der Waals surface area contributed by atoms with Crippen molar-refractivity contribution in [1.29, 1.82) is 0 Å². The molecule has 0 N–H and O–H groups in total. The number of carbonyl (C=O) groups is 2. The fourth-order valence-corrected chi connectivity index (χ4v) is 5.98. The molecule has 9 heteroatoms. The molecule has 1 aliphatic heterocycles. The Morgan fingerprint density at radius 1 is 0.973 bits per heavy atom. The number of amides is 2. The highest BCUT2D eigenvalue weighted by molar-refractivity contribution is 8.00. The van der Waals surface area contributed by atoms with Gasteiger partial charge in [-0.25, -0.2) is 0 Å². The standard InChI is InChI=1S/C28H25N3O5S/c1-18-29-27(36-30-18)28(37-23-15-13-22(35-3)14-16-23)17-24(32)31(26(33)20-7-5-4-6-8-20)25(28)19-9-11-21(34-2)12-10-19/h4-16,25H,17H2,1-3H3/t25-,28-/m1/s1. The third-order valence-corrected chi connectivity index (χ3v) is 7.72.